The molecule has 0 fully saturated rings. The van der Waals surface area contributed by atoms with Crippen molar-refractivity contribution in [2.75, 3.05) is 20.4 Å². The summed E-state index contributed by atoms with van der Waals surface area (Å²) in [6, 6.07) is 6.02. The molecular formula is C11H15FN2O2. The van der Waals surface area contributed by atoms with Crippen LogP contribution >= 0.6 is 0 Å². The Balaban J connectivity index is 2.22. The predicted octanol–water partition coefficient (Wildman–Crippen LogP) is 1.27. The van der Waals surface area contributed by atoms with Gasteiger partial charge in [0.05, 0.1) is 0 Å². The number of benzene rings is 1. The minimum Gasteiger partial charge on any atom is -0.364 e. The summed E-state index contributed by atoms with van der Waals surface area (Å²) in [5, 5.41) is 5.12. The topological polar surface area (TPSA) is 50.4 Å². The molecule has 0 aromatic heterocycles. The van der Waals surface area contributed by atoms with Gasteiger partial charge in [0.15, 0.2) is 0 Å². The van der Waals surface area contributed by atoms with Crippen molar-refractivity contribution in [3.05, 3.63) is 35.6 Å². The van der Waals surface area contributed by atoms with Gasteiger partial charge >= 0.3 is 6.03 Å². The number of hydrogen-bond acceptors (Lipinski definition) is 2. The number of halogens is 1. The smallest absolute Gasteiger partial charge is 0.316 e. The molecule has 16 heavy (non-hydrogen) atoms. The summed E-state index contributed by atoms with van der Waals surface area (Å²) in [6.07, 6.45) is 0.595. The van der Waals surface area contributed by atoms with Gasteiger partial charge < -0.3 is 15.4 Å². The van der Waals surface area contributed by atoms with Gasteiger partial charge in [-0.15, -0.1) is 0 Å². The molecule has 88 valence electrons. The Morgan fingerprint density at radius 3 is 2.94 bits per heavy atom. The zero-order chi connectivity index (χ0) is 11.8. The fourth-order valence-corrected chi connectivity index (χ4v) is 1.21. The largest absolute Gasteiger partial charge is 0.364 e. The zero-order valence-electron chi connectivity index (χ0n) is 9.13. The first-order valence-electron chi connectivity index (χ1n) is 4.97. The summed E-state index contributed by atoms with van der Waals surface area (Å²) in [5.74, 6) is -0.263. The van der Waals surface area contributed by atoms with Gasteiger partial charge in [-0.25, -0.2) is 9.18 Å². The molecule has 5 heteroatoms. The molecule has 0 aliphatic carbocycles. The molecule has 1 rings (SSSR count). The molecule has 2 N–H and O–H groups in total. The van der Waals surface area contributed by atoms with Crippen molar-refractivity contribution in [2.45, 2.75) is 6.42 Å². The van der Waals surface area contributed by atoms with Crippen LogP contribution in [0.2, 0.25) is 0 Å². The van der Waals surface area contributed by atoms with Crippen LogP contribution < -0.4 is 10.6 Å². The van der Waals surface area contributed by atoms with E-state index in [0.717, 1.165) is 5.56 Å². The highest BCUT2D eigenvalue weighted by Gasteiger charge is 1.99. The lowest BCUT2D eigenvalue weighted by molar-refractivity contribution is 0.172. The van der Waals surface area contributed by atoms with Crippen molar-refractivity contribution in [1.82, 2.24) is 10.6 Å². The van der Waals surface area contributed by atoms with E-state index in [1.807, 2.05) is 6.07 Å². The lowest BCUT2D eigenvalue weighted by Gasteiger charge is -2.06. The molecule has 0 bridgehead atoms. The second kappa shape index (κ2) is 6.79. The number of methoxy groups -OCH3 is 1. The quantitative estimate of drug-likeness (QED) is 0.743. The van der Waals surface area contributed by atoms with Crippen LogP contribution in [0.1, 0.15) is 5.56 Å². The number of urea groups is 1. The maximum Gasteiger partial charge on any atom is 0.316 e. The van der Waals surface area contributed by atoms with Gasteiger partial charge in [0.25, 0.3) is 0 Å². The Morgan fingerprint density at radius 1 is 1.44 bits per heavy atom. The molecule has 4 nitrogen and oxygen atoms in total. The number of amides is 2. The standard InChI is InChI=1S/C11H15FN2O2/c1-16-8-14-11(15)13-6-5-9-3-2-4-10(12)7-9/h2-4,7H,5-6,8H2,1H3,(H2,13,14,15). The molecule has 0 saturated carbocycles. The van der Waals surface area contributed by atoms with Crippen LogP contribution in [0.4, 0.5) is 9.18 Å². The maximum absolute atomic E-state index is 12.8. The van der Waals surface area contributed by atoms with Crippen molar-refractivity contribution in [2.24, 2.45) is 0 Å². The molecule has 1 aromatic carbocycles. The summed E-state index contributed by atoms with van der Waals surface area (Å²) in [5.41, 5.74) is 0.854. The predicted molar refractivity (Wildman–Crippen MR) is 58.5 cm³/mol. The fraction of sp³-hybridized carbons (Fsp3) is 0.364. The number of rotatable bonds is 5. The second-order valence-corrected chi connectivity index (χ2v) is 3.25. The van der Waals surface area contributed by atoms with E-state index in [2.05, 4.69) is 15.4 Å². The second-order valence-electron chi connectivity index (χ2n) is 3.25. The van der Waals surface area contributed by atoms with E-state index in [1.54, 1.807) is 6.07 Å². The summed E-state index contributed by atoms with van der Waals surface area (Å²) in [6.45, 7) is 0.630. The van der Waals surface area contributed by atoms with Crippen LogP contribution in [0.15, 0.2) is 24.3 Å². The van der Waals surface area contributed by atoms with Gasteiger partial charge in [0.2, 0.25) is 0 Å². The van der Waals surface area contributed by atoms with E-state index >= 15 is 0 Å². The van der Waals surface area contributed by atoms with Gasteiger partial charge in [-0.2, -0.15) is 0 Å². The number of ether oxygens (including phenoxy) is 1. The van der Waals surface area contributed by atoms with Gasteiger partial charge in [-0.05, 0) is 24.1 Å². The lowest BCUT2D eigenvalue weighted by atomic mass is 10.1. The summed E-state index contributed by atoms with van der Waals surface area (Å²) >= 11 is 0. The Labute approximate surface area is 93.8 Å². The van der Waals surface area contributed by atoms with E-state index in [4.69, 9.17) is 0 Å². The highest BCUT2D eigenvalue weighted by molar-refractivity contribution is 5.73. The molecule has 0 radical (unpaired) electrons. The van der Waals surface area contributed by atoms with Gasteiger partial charge in [0.1, 0.15) is 12.5 Å². The fourth-order valence-electron chi connectivity index (χ4n) is 1.21. The molecule has 2 amide bonds. The van der Waals surface area contributed by atoms with E-state index in [9.17, 15) is 9.18 Å². The van der Waals surface area contributed by atoms with Crippen LogP contribution in [0.3, 0.4) is 0 Å². The molecule has 0 unspecified atom stereocenters. The van der Waals surface area contributed by atoms with Crippen LogP contribution in [-0.4, -0.2) is 26.4 Å². The average molecular weight is 226 g/mol. The van der Waals surface area contributed by atoms with Crippen molar-refractivity contribution < 1.29 is 13.9 Å². The third-order valence-corrected chi connectivity index (χ3v) is 1.97. The van der Waals surface area contributed by atoms with E-state index < -0.39 is 0 Å². The summed E-state index contributed by atoms with van der Waals surface area (Å²) in [4.78, 5) is 11.1. The van der Waals surface area contributed by atoms with Crippen LogP contribution in [0.25, 0.3) is 0 Å². The average Bonchev–Trinajstić information content (AvgIpc) is 2.26. The molecule has 0 aliphatic heterocycles. The normalized spacial score (nSPS) is 9.88. The third kappa shape index (κ3) is 4.75. The lowest BCUT2D eigenvalue weighted by Crippen LogP contribution is -2.37. The SMILES string of the molecule is COCNC(=O)NCCc1cccc(F)c1. The van der Waals surface area contributed by atoms with E-state index in [-0.39, 0.29) is 18.6 Å². The Hall–Kier alpha value is -1.62. The molecule has 0 aliphatic rings. The minimum absolute atomic E-state index is 0.172. The molecule has 0 spiro atoms. The third-order valence-electron chi connectivity index (χ3n) is 1.97. The number of carbonyl (C=O) groups is 1. The van der Waals surface area contributed by atoms with Gasteiger partial charge in [-0.3, -0.25) is 0 Å². The van der Waals surface area contributed by atoms with Crippen LogP contribution in [0.5, 0.6) is 0 Å². The van der Waals surface area contributed by atoms with Gasteiger partial charge in [-0.1, -0.05) is 12.1 Å². The van der Waals surface area contributed by atoms with E-state index in [0.29, 0.717) is 13.0 Å². The maximum atomic E-state index is 12.8. The van der Waals surface area contributed by atoms with Crippen molar-refractivity contribution in [3.63, 3.8) is 0 Å². The molecule has 0 saturated heterocycles. The number of hydrogen-bond donors (Lipinski definition) is 2. The molecule has 1 aromatic rings. The summed E-state index contributed by atoms with van der Waals surface area (Å²) < 4.78 is 17.5. The molecule has 0 heterocycles. The number of nitrogens with one attached hydrogen (secondary N) is 2. The monoisotopic (exact) mass is 226 g/mol. The Morgan fingerprint density at radius 2 is 2.25 bits per heavy atom. The van der Waals surface area contributed by atoms with Gasteiger partial charge in [0, 0.05) is 13.7 Å². The number of carbonyl (C=O) groups excluding carboxylic acids is 1. The van der Waals surface area contributed by atoms with E-state index in [1.165, 1.54) is 19.2 Å². The first-order chi connectivity index (χ1) is 7.72. The van der Waals surface area contributed by atoms with Crippen LogP contribution in [0, 0.1) is 5.82 Å². The highest BCUT2D eigenvalue weighted by atomic mass is 19.1. The first kappa shape index (κ1) is 12.4. The molecule has 0 atom stereocenters. The van der Waals surface area contributed by atoms with Crippen molar-refractivity contribution in [3.8, 4) is 0 Å². The zero-order valence-corrected chi connectivity index (χ0v) is 9.13. The Bertz CT molecular complexity index is 345. The first-order valence-corrected chi connectivity index (χ1v) is 4.97. The Kier molecular flexibility index (Phi) is 5.28. The molecular weight excluding hydrogens is 211 g/mol. The minimum atomic E-state index is -0.293. The van der Waals surface area contributed by atoms with Crippen molar-refractivity contribution >= 4 is 6.03 Å². The highest BCUT2D eigenvalue weighted by Crippen LogP contribution is 2.03. The summed E-state index contributed by atoms with van der Waals surface area (Å²) in [7, 11) is 1.49. The van der Waals surface area contributed by atoms with Crippen molar-refractivity contribution in [1.29, 1.82) is 0 Å². The van der Waals surface area contributed by atoms with Crippen LogP contribution in [-0.2, 0) is 11.2 Å².